The second-order valence-corrected chi connectivity index (χ2v) is 30.4. The number of aromatic nitrogens is 2. The summed E-state index contributed by atoms with van der Waals surface area (Å²) >= 11 is 0. The number of hydrogen-bond donors (Lipinski definition) is 0. The van der Waals surface area contributed by atoms with Crippen LogP contribution in [0.1, 0.15) is 11.1 Å². The molecule has 0 aliphatic rings. The zero-order valence-electron chi connectivity index (χ0n) is 64.0. The van der Waals surface area contributed by atoms with Gasteiger partial charge in [0.1, 0.15) is 11.2 Å². The number of hydrogen-bond acceptors (Lipinski definition) is 12. The molecule has 0 bridgehead atoms. The van der Waals surface area contributed by atoms with Crippen molar-refractivity contribution in [3.05, 3.63) is 388 Å². The molecule has 24 rings (SSSR count). The van der Waals surface area contributed by atoms with Gasteiger partial charge in [0.15, 0.2) is 22.3 Å². The molecule has 120 heavy (non-hydrogen) atoms. The third-order valence-corrected chi connectivity index (χ3v) is 23.9. The molecule has 0 atom stereocenters. The fraction of sp³-hybridized carbons (Fsp3) is 0. The number of anilines is 12. The molecule has 0 spiro atoms. The second-order valence-electron chi connectivity index (χ2n) is 30.4. The maximum absolute atomic E-state index is 10.4. The molecule has 12 nitrogen and oxygen atoms in total. The predicted molar refractivity (Wildman–Crippen MR) is 490 cm³/mol. The first-order chi connectivity index (χ1) is 59.4. The average Bonchev–Trinajstić information content (AvgIpc) is 0.950. The number of nitriles is 2. The van der Waals surface area contributed by atoms with E-state index in [1.165, 1.54) is 0 Å². The van der Waals surface area contributed by atoms with Crippen LogP contribution < -0.4 is 19.6 Å². The van der Waals surface area contributed by atoms with E-state index in [4.69, 9.17) is 27.6 Å². The summed E-state index contributed by atoms with van der Waals surface area (Å²) in [5, 5.41) is 40.5. The number of benzene rings is 18. The highest BCUT2D eigenvalue weighted by Crippen LogP contribution is 2.55. The van der Waals surface area contributed by atoms with E-state index in [9.17, 15) is 10.5 Å². The standard InChI is InChI=1S/C108H62N8O4/c109-63-65-43-49-71(50-44-65)115(93-37-15-31-81-79-29-11-13-41-101(79)117-103(81)93)98-62-92-88-58-68(48-54-78(88)100(60-90(92)74-26-8-10-28-76(74)98)116(72-51-45-66(64-110)46-52-72)94-38-16-32-82-80-30-12-14-42-102(80)118-104(82)94)67-47-53-77-87(57-67)91-61-97(113(69-21-3-1-4-22-69)95-39-17-33-83-85-35-19-55-111-107(85)119-105(83)95)75-27-9-7-25-73(75)89(91)59-99(77)114(70-23-5-2-6-24-70)96-40-18-34-84-86-36-20-56-112-108(86)120-106(84)96/h1-62H. The Hall–Kier alpha value is -16.8. The van der Waals surface area contributed by atoms with Crippen LogP contribution in [0.15, 0.2) is 394 Å². The predicted octanol–water partition coefficient (Wildman–Crippen LogP) is 30.3. The van der Waals surface area contributed by atoms with E-state index in [0.29, 0.717) is 28.1 Å². The number of para-hydroxylation sites is 8. The van der Waals surface area contributed by atoms with E-state index in [1.54, 1.807) is 12.4 Å². The van der Waals surface area contributed by atoms with Crippen molar-refractivity contribution in [1.82, 2.24) is 9.97 Å². The van der Waals surface area contributed by atoms with Gasteiger partial charge in [0.25, 0.3) is 0 Å². The van der Waals surface area contributed by atoms with E-state index in [0.717, 1.165) is 215 Å². The number of pyridine rings is 2. The molecule has 0 aliphatic heterocycles. The van der Waals surface area contributed by atoms with Crippen LogP contribution in [0.5, 0.6) is 0 Å². The van der Waals surface area contributed by atoms with Gasteiger partial charge in [-0.15, -0.1) is 0 Å². The summed E-state index contributed by atoms with van der Waals surface area (Å²) in [6.07, 6.45) is 3.57. The zero-order chi connectivity index (χ0) is 79.2. The quantitative estimate of drug-likeness (QED) is 0.102. The van der Waals surface area contributed by atoms with Crippen LogP contribution in [0, 0.1) is 22.7 Å². The summed E-state index contributed by atoms with van der Waals surface area (Å²) in [7, 11) is 0. The van der Waals surface area contributed by atoms with Gasteiger partial charge >= 0.3 is 0 Å². The monoisotopic (exact) mass is 1530 g/mol. The number of furan rings is 4. The van der Waals surface area contributed by atoms with Crippen LogP contribution in [0.4, 0.5) is 68.2 Å². The molecule has 558 valence electrons. The highest BCUT2D eigenvalue weighted by Gasteiger charge is 2.31. The molecule has 18 aromatic carbocycles. The lowest BCUT2D eigenvalue weighted by Gasteiger charge is -2.30. The molecular formula is C108H62N8O4. The first-order valence-corrected chi connectivity index (χ1v) is 39.9. The minimum atomic E-state index is 0.539. The lowest BCUT2D eigenvalue weighted by atomic mass is 9.89. The molecule has 0 saturated carbocycles. The fourth-order valence-corrected chi connectivity index (χ4v) is 18.6. The average molecular weight is 1540 g/mol. The van der Waals surface area contributed by atoms with Gasteiger partial charge in [-0.3, -0.25) is 0 Å². The highest BCUT2D eigenvalue weighted by atomic mass is 16.3. The van der Waals surface area contributed by atoms with Crippen molar-refractivity contribution < 1.29 is 17.7 Å². The first kappa shape index (κ1) is 67.7. The van der Waals surface area contributed by atoms with Gasteiger partial charge in [0, 0.05) is 99.8 Å². The van der Waals surface area contributed by atoms with Crippen molar-refractivity contribution in [2.75, 3.05) is 19.6 Å². The maximum Gasteiger partial charge on any atom is 0.227 e. The van der Waals surface area contributed by atoms with Crippen LogP contribution in [0.2, 0.25) is 0 Å². The smallest absolute Gasteiger partial charge is 0.227 e. The van der Waals surface area contributed by atoms with Gasteiger partial charge in [0.05, 0.1) is 68.8 Å². The van der Waals surface area contributed by atoms with Crippen LogP contribution in [-0.4, -0.2) is 9.97 Å². The number of fused-ring (bicyclic) bond motifs is 22. The molecule has 0 radical (unpaired) electrons. The molecule has 6 heterocycles. The summed E-state index contributed by atoms with van der Waals surface area (Å²) in [4.78, 5) is 18.8. The van der Waals surface area contributed by atoms with Gasteiger partial charge < -0.3 is 37.3 Å². The fourth-order valence-electron chi connectivity index (χ4n) is 18.6. The molecule has 0 amide bonds. The second kappa shape index (κ2) is 26.9. The summed E-state index contributed by atoms with van der Waals surface area (Å²) in [6, 6.07) is 132. The molecule has 0 N–H and O–H groups in total. The van der Waals surface area contributed by atoms with E-state index in [1.807, 2.05) is 84.9 Å². The Kier molecular flexibility index (Phi) is 15.2. The SMILES string of the molecule is N#Cc1ccc(N(c2cc3c4cc(-c5ccc6c(N(c7ccccc7)c7cccc8c7oc7ncccc78)cc7c8ccccc8c(N(c8ccccc8)c8cccc9c8oc8ncccc89)cc7c6c5)ccc4c(N(c4ccc(C#N)cc4)c4cccc5c4oc4ccccc45)cc3c3ccccc23)c2cccc3c2oc2ccccc23)cc1. The Labute approximate surface area is 685 Å². The number of rotatable bonds is 13. The molecule has 0 saturated heterocycles. The topological polar surface area (TPSA) is 139 Å². The third kappa shape index (κ3) is 10.5. The van der Waals surface area contributed by atoms with Gasteiger partial charge in [-0.2, -0.15) is 10.5 Å². The van der Waals surface area contributed by atoms with E-state index in [2.05, 4.69) is 311 Å². The van der Waals surface area contributed by atoms with Crippen molar-refractivity contribution >= 4 is 221 Å². The zero-order valence-corrected chi connectivity index (χ0v) is 64.0. The normalized spacial score (nSPS) is 11.8. The summed E-state index contributed by atoms with van der Waals surface area (Å²) < 4.78 is 27.8. The van der Waals surface area contributed by atoms with Crippen LogP contribution >= 0.6 is 0 Å². The van der Waals surface area contributed by atoms with E-state index in [-0.39, 0.29) is 0 Å². The van der Waals surface area contributed by atoms with Crippen molar-refractivity contribution in [1.29, 1.82) is 10.5 Å². The Morgan fingerprint density at radius 3 is 0.858 bits per heavy atom. The molecule has 0 fully saturated rings. The van der Waals surface area contributed by atoms with Crippen LogP contribution in [0.25, 0.3) is 164 Å². The lowest BCUT2D eigenvalue weighted by Crippen LogP contribution is -2.12. The molecular weight excluding hydrogens is 1470 g/mol. The Morgan fingerprint density at radius 2 is 0.483 bits per heavy atom. The van der Waals surface area contributed by atoms with Crippen LogP contribution in [-0.2, 0) is 0 Å². The van der Waals surface area contributed by atoms with E-state index < -0.39 is 0 Å². The molecule has 24 aromatic rings. The van der Waals surface area contributed by atoms with E-state index >= 15 is 0 Å². The van der Waals surface area contributed by atoms with Gasteiger partial charge in [-0.25, -0.2) is 9.97 Å². The van der Waals surface area contributed by atoms with Crippen LogP contribution in [0.3, 0.4) is 0 Å². The minimum absolute atomic E-state index is 0.539. The largest absolute Gasteiger partial charge is 0.454 e. The van der Waals surface area contributed by atoms with Crippen molar-refractivity contribution in [2.24, 2.45) is 0 Å². The molecule has 0 unspecified atom stereocenters. The lowest BCUT2D eigenvalue weighted by molar-refractivity contribution is 0.654. The summed E-state index contributed by atoms with van der Waals surface area (Å²) in [5.74, 6) is 0. The Bertz CT molecular complexity index is 8490. The molecule has 12 heteroatoms. The minimum Gasteiger partial charge on any atom is -0.454 e. The van der Waals surface area contributed by atoms with Crippen molar-refractivity contribution in [2.45, 2.75) is 0 Å². The molecule has 6 aromatic heterocycles. The van der Waals surface area contributed by atoms with Gasteiger partial charge in [-0.05, 0) is 224 Å². The Morgan fingerprint density at radius 1 is 0.200 bits per heavy atom. The highest BCUT2D eigenvalue weighted by molar-refractivity contribution is 6.29. The van der Waals surface area contributed by atoms with Crippen molar-refractivity contribution in [3.63, 3.8) is 0 Å². The number of nitrogens with zero attached hydrogens (tertiary/aromatic N) is 8. The Balaban J connectivity index is 0.817. The third-order valence-electron chi connectivity index (χ3n) is 23.9. The summed E-state index contributed by atoms with van der Waals surface area (Å²) in [5.41, 5.74) is 19.2. The van der Waals surface area contributed by atoms with Gasteiger partial charge in [0.2, 0.25) is 11.4 Å². The molecule has 0 aliphatic carbocycles. The summed E-state index contributed by atoms with van der Waals surface area (Å²) in [6.45, 7) is 0. The van der Waals surface area contributed by atoms with Crippen molar-refractivity contribution in [3.8, 4) is 23.3 Å². The first-order valence-electron chi connectivity index (χ1n) is 39.9. The van der Waals surface area contributed by atoms with Gasteiger partial charge in [-0.1, -0.05) is 194 Å². The maximum atomic E-state index is 10.4.